The monoisotopic (exact) mass is 451 g/mol. The van der Waals surface area contributed by atoms with Crippen molar-refractivity contribution in [1.82, 2.24) is 0 Å². The number of amides is 1. The summed E-state index contributed by atoms with van der Waals surface area (Å²) in [6.07, 6.45) is 0. The number of benzene rings is 1. The van der Waals surface area contributed by atoms with Crippen LogP contribution in [0.3, 0.4) is 0 Å². The molecule has 0 unspecified atom stereocenters. The van der Waals surface area contributed by atoms with Gasteiger partial charge in [0.15, 0.2) is 0 Å². The van der Waals surface area contributed by atoms with Crippen LogP contribution in [0.1, 0.15) is 15.9 Å². The lowest BCUT2D eigenvalue weighted by molar-refractivity contribution is 0.102. The third kappa shape index (κ3) is 3.44. The average Bonchev–Trinajstić information content (AvgIpc) is 2.69. The summed E-state index contributed by atoms with van der Waals surface area (Å²) in [7, 11) is 0. The van der Waals surface area contributed by atoms with Crippen molar-refractivity contribution >= 4 is 70.7 Å². The zero-order valence-corrected chi connectivity index (χ0v) is 14.6. The number of hydrogen-bond acceptors (Lipinski definition) is 2. The molecule has 0 aliphatic carbocycles. The van der Waals surface area contributed by atoms with E-state index in [4.69, 9.17) is 0 Å². The Labute approximate surface area is 134 Å². The number of nitrogens with one attached hydrogen (secondary N) is 1. The first-order chi connectivity index (χ1) is 8.60. The summed E-state index contributed by atoms with van der Waals surface area (Å²) in [5, 5.41) is 3.68. The molecule has 6 heteroatoms. The fourth-order valence-electron chi connectivity index (χ4n) is 1.37. The molecular formula is C12H8Br3NOS. The lowest BCUT2D eigenvalue weighted by Gasteiger charge is -2.05. The molecule has 18 heavy (non-hydrogen) atoms. The molecule has 0 saturated carbocycles. The summed E-state index contributed by atoms with van der Waals surface area (Å²) in [6, 6.07) is 9.54. The molecule has 0 aliphatic heterocycles. The van der Waals surface area contributed by atoms with Gasteiger partial charge >= 0.3 is 0 Å². The second kappa shape index (κ2) is 6.32. The van der Waals surface area contributed by atoms with Crippen LogP contribution in [0.2, 0.25) is 0 Å². The minimum atomic E-state index is -0.115. The Balaban J connectivity index is 2.13. The van der Waals surface area contributed by atoms with Gasteiger partial charge in [0.2, 0.25) is 0 Å². The molecule has 94 valence electrons. The lowest BCUT2D eigenvalue weighted by atomic mass is 10.2. The molecule has 1 heterocycles. The standard InChI is InChI=1S/C12H8Br3NOS/c13-6-7-1-3-8(4-2-7)16-12(17)9-5-10(14)18-11(9)15/h1-5H,6H2,(H,16,17). The third-order valence-corrected chi connectivity index (χ3v) is 5.25. The van der Waals surface area contributed by atoms with E-state index in [2.05, 4.69) is 53.1 Å². The lowest BCUT2D eigenvalue weighted by Crippen LogP contribution is -2.11. The Bertz CT molecular complexity index is 565. The van der Waals surface area contributed by atoms with Crippen LogP contribution < -0.4 is 5.32 Å². The molecule has 0 saturated heterocycles. The maximum atomic E-state index is 12.0. The van der Waals surface area contributed by atoms with Crippen LogP contribution in [0.25, 0.3) is 0 Å². The van der Waals surface area contributed by atoms with Crippen LogP contribution >= 0.6 is 59.1 Å². The Hall–Kier alpha value is -0.170. The van der Waals surface area contributed by atoms with Gasteiger partial charge in [-0.2, -0.15) is 0 Å². The number of anilines is 1. The molecular weight excluding hydrogens is 446 g/mol. The Morgan fingerprint density at radius 1 is 1.22 bits per heavy atom. The predicted molar refractivity (Wildman–Crippen MR) is 86.7 cm³/mol. The van der Waals surface area contributed by atoms with E-state index in [0.29, 0.717) is 5.56 Å². The van der Waals surface area contributed by atoms with Crippen molar-refractivity contribution in [2.45, 2.75) is 5.33 Å². The molecule has 1 aromatic heterocycles. The van der Waals surface area contributed by atoms with Gasteiger partial charge in [0, 0.05) is 11.0 Å². The van der Waals surface area contributed by atoms with Crippen molar-refractivity contribution in [2.24, 2.45) is 0 Å². The summed E-state index contributed by atoms with van der Waals surface area (Å²) in [5.74, 6) is -0.115. The fraction of sp³-hybridized carbons (Fsp3) is 0.0833. The summed E-state index contributed by atoms with van der Waals surface area (Å²) in [6.45, 7) is 0. The van der Waals surface area contributed by atoms with Gasteiger partial charge in [-0.25, -0.2) is 0 Å². The first-order valence-electron chi connectivity index (χ1n) is 5.01. The van der Waals surface area contributed by atoms with E-state index in [-0.39, 0.29) is 5.91 Å². The molecule has 2 rings (SSSR count). The highest BCUT2D eigenvalue weighted by molar-refractivity contribution is 9.12. The Kier molecular flexibility index (Phi) is 5.00. The quantitative estimate of drug-likeness (QED) is 0.618. The van der Waals surface area contributed by atoms with Crippen LogP contribution in [-0.4, -0.2) is 5.91 Å². The van der Waals surface area contributed by atoms with Gasteiger partial charge in [-0.05, 0) is 55.6 Å². The van der Waals surface area contributed by atoms with Gasteiger partial charge in [-0.1, -0.05) is 28.1 Å². The van der Waals surface area contributed by atoms with Crippen molar-refractivity contribution in [3.05, 3.63) is 49.0 Å². The molecule has 0 fully saturated rings. The minimum Gasteiger partial charge on any atom is -0.322 e. The topological polar surface area (TPSA) is 29.1 Å². The second-order valence-corrected chi connectivity index (χ2v) is 7.83. The highest BCUT2D eigenvalue weighted by Crippen LogP contribution is 2.32. The fourth-order valence-corrected chi connectivity index (χ4v) is 4.54. The van der Waals surface area contributed by atoms with Crippen molar-refractivity contribution in [1.29, 1.82) is 0 Å². The Morgan fingerprint density at radius 3 is 2.39 bits per heavy atom. The maximum Gasteiger partial charge on any atom is 0.257 e. The Morgan fingerprint density at radius 2 is 1.89 bits per heavy atom. The van der Waals surface area contributed by atoms with E-state index in [0.717, 1.165) is 18.6 Å². The summed E-state index contributed by atoms with van der Waals surface area (Å²) in [5.41, 5.74) is 2.60. The van der Waals surface area contributed by atoms with Gasteiger partial charge in [0.05, 0.1) is 13.1 Å². The number of hydrogen-bond donors (Lipinski definition) is 1. The zero-order chi connectivity index (χ0) is 13.1. The van der Waals surface area contributed by atoms with Crippen molar-refractivity contribution in [3.63, 3.8) is 0 Å². The van der Waals surface area contributed by atoms with E-state index in [1.165, 1.54) is 16.9 Å². The second-order valence-electron chi connectivity index (χ2n) is 3.52. The number of carbonyl (C=O) groups is 1. The smallest absolute Gasteiger partial charge is 0.257 e. The van der Waals surface area contributed by atoms with Crippen LogP contribution in [0, 0.1) is 0 Å². The third-order valence-electron chi connectivity index (χ3n) is 2.27. The van der Waals surface area contributed by atoms with Crippen molar-refractivity contribution in [3.8, 4) is 0 Å². The normalized spacial score (nSPS) is 10.4. The molecule has 0 bridgehead atoms. The molecule has 2 nitrogen and oxygen atoms in total. The van der Waals surface area contributed by atoms with Gasteiger partial charge in [-0.15, -0.1) is 11.3 Å². The summed E-state index contributed by atoms with van der Waals surface area (Å²) < 4.78 is 1.75. The van der Waals surface area contributed by atoms with Crippen molar-refractivity contribution in [2.75, 3.05) is 5.32 Å². The van der Waals surface area contributed by atoms with Crippen LogP contribution in [0.4, 0.5) is 5.69 Å². The van der Waals surface area contributed by atoms with Gasteiger partial charge in [0.25, 0.3) is 5.91 Å². The van der Waals surface area contributed by atoms with E-state index >= 15 is 0 Å². The highest BCUT2D eigenvalue weighted by atomic mass is 79.9. The van der Waals surface area contributed by atoms with E-state index in [1.54, 1.807) is 6.07 Å². The molecule has 0 radical (unpaired) electrons. The average molecular weight is 454 g/mol. The molecule has 2 aromatic rings. The number of halogens is 3. The molecule has 1 amide bonds. The number of alkyl halides is 1. The molecule has 0 spiro atoms. The summed E-state index contributed by atoms with van der Waals surface area (Å²) >= 11 is 11.6. The summed E-state index contributed by atoms with van der Waals surface area (Å²) in [4.78, 5) is 12.0. The van der Waals surface area contributed by atoms with Gasteiger partial charge < -0.3 is 5.32 Å². The molecule has 1 aromatic carbocycles. The van der Waals surface area contributed by atoms with Gasteiger partial charge in [0.1, 0.15) is 0 Å². The maximum absolute atomic E-state index is 12.0. The minimum absolute atomic E-state index is 0.115. The molecule has 1 N–H and O–H groups in total. The number of rotatable bonds is 3. The van der Waals surface area contributed by atoms with E-state index in [1.807, 2.05) is 24.3 Å². The van der Waals surface area contributed by atoms with Crippen molar-refractivity contribution < 1.29 is 4.79 Å². The first-order valence-corrected chi connectivity index (χ1v) is 8.53. The first kappa shape index (κ1) is 14.2. The van der Waals surface area contributed by atoms with Crippen LogP contribution in [-0.2, 0) is 5.33 Å². The highest BCUT2D eigenvalue weighted by Gasteiger charge is 2.13. The van der Waals surface area contributed by atoms with E-state index in [9.17, 15) is 4.79 Å². The molecule has 0 atom stereocenters. The largest absolute Gasteiger partial charge is 0.322 e. The zero-order valence-electron chi connectivity index (χ0n) is 9.04. The molecule has 0 aliphatic rings. The van der Waals surface area contributed by atoms with Crippen LogP contribution in [0.15, 0.2) is 37.9 Å². The van der Waals surface area contributed by atoms with Crippen LogP contribution in [0.5, 0.6) is 0 Å². The predicted octanol–water partition coefficient (Wildman–Crippen LogP) is 5.42. The number of thiophene rings is 1. The SMILES string of the molecule is O=C(Nc1ccc(CBr)cc1)c1cc(Br)sc1Br. The van der Waals surface area contributed by atoms with Gasteiger partial charge in [-0.3, -0.25) is 4.79 Å². The number of carbonyl (C=O) groups excluding carboxylic acids is 1. The van der Waals surface area contributed by atoms with E-state index < -0.39 is 0 Å².